The van der Waals surface area contributed by atoms with Crippen LogP contribution in [0, 0.1) is 0 Å². The van der Waals surface area contributed by atoms with Crippen LogP contribution in [0.5, 0.6) is 5.88 Å². The highest BCUT2D eigenvalue weighted by molar-refractivity contribution is 6.28. The Morgan fingerprint density at radius 2 is 2.06 bits per heavy atom. The average molecular weight is 257 g/mol. The second-order valence-corrected chi connectivity index (χ2v) is 3.12. The minimum Gasteiger partial charge on any atom is -0.477 e. The van der Waals surface area contributed by atoms with Gasteiger partial charge in [-0.15, -0.1) is 0 Å². The molecule has 1 N–H and O–H groups in total. The van der Waals surface area contributed by atoms with Crippen molar-refractivity contribution in [3.8, 4) is 5.88 Å². The van der Waals surface area contributed by atoms with Gasteiger partial charge in [-0.1, -0.05) is 0 Å². The summed E-state index contributed by atoms with van der Waals surface area (Å²) < 4.78 is 41.7. The second-order valence-electron chi connectivity index (χ2n) is 2.78. The molecule has 0 bridgehead atoms. The van der Waals surface area contributed by atoms with E-state index in [9.17, 15) is 13.2 Å². The van der Waals surface area contributed by atoms with Crippen LogP contribution < -0.4 is 4.74 Å². The zero-order valence-corrected chi connectivity index (χ0v) is 8.72. The van der Waals surface area contributed by atoms with Gasteiger partial charge in [0.25, 0.3) is 0 Å². The first-order chi connectivity index (χ1) is 7.43. The van der Waals surface area contributed by atoms with E-state index in [-0.39, 0.29) is 19.1 Å². The lowest BCUT2D eigenvalue weighted by Gasteiger charge is -2.08. The van der Waals surface area contributed by atoms with Gasteiger partial charge in [0.1, 0.15) is 0 Å². The summed E-state index contributed by atoms with van der Waals surface area (Å²) in [6.45, 7) is -0.0634. The third-order valence-corrected chi connectivity index (χ3v) is 1.69. The Morgan fingerprint density at radius 1 is 1.38 bits per heavy atom. The van der Waals surface area contributed by atoms with Gasteiger partial charge in [-0.3, -0.25) is 0 Å². The lowest BCUT2D eigenvalue weighted by molar-refractivity contribution is -0.141. The van der Waals surface area contributed by atoms with Crippen LogP contribution in [0.15, 0.2) is 6.07 Å². The fourth-order valence-corrected chi connectivity index (χ4v) is 1.03. The molecule has 0 unspecified atom stereocenters. The first kappa shape index (κ1) is 13.0. The number of alkyl halides is 3. The van der Waals surface area contributed by atoms with Crippen LogP contribution in [0.4, 0.5) is 13.2 Å². The van der Waals surface area contributed by atoms with Crippen molar-refractivity contribution >= 4 is 11.6 Å². The summed E-state index contributed by atoms with van der Waals surface area (Å²) in [7, 11) is 0. The van der Waals surface area contributed by atoms with E-state index >= 15 is 0 Å². The topological polar surface area (TPSA) is 55.2 Å². The highest BCUT2D eigenvalue weighted by atomic mass is 35.5. The van der Waals surface area contributed by atoms with Crippen molar-refractivity contribution in [1.82, 2.24) is 9.97 Å². The molecule has 1 aromatic heterocycles. The first-order valence-corrected chi connectivity index (χ1v) is 4.66. The third-order valence-electron chi connectivity index (χ3n) is 1.52. The van der Waals surface area contributed by atoms with Crippen LogP contribution in [-0.2, 0) is 6.18 Å². The molecule has 0 fully saturated rings. The van der Waals surface area contributed by atoms with Crippen molar-refractivity contribution in [2.45, 2.75) is 12.6 Å². The van der Waals surface area contributed by atoms with Gasteiger partial charge < -0.3 is 9.84 Å². The molecule has 0 aliphatic carbocycles. The smallest absolute Gasteiger partial charge is 0.433 e. The van der Waals surface area contributed by atoms with Gasteiger partial charge in [0.05, 0.1) is 6.61 Å². The fraction of sp³-hybridized carbons (Fsp3) is 0.500. The van der Waals surface area contributed by atoms with Crippen LogP contribution in [-0.4, -0.2) is 28.3 Å². The molecule has 0 aliphatic heterocycles. The van der Waals surface area contributed by atoms with E-state index in [1.165, 1.54) is 0 Å². The third kappa shape index (κ3) is 3.82. The molecular weight excluding hydrogens is 249 g/mol. The Morgan fingerprint density at radius 3 is 2.62 bits per heavy atom. The lowest BCUT2D eigenvalue weighted by atomic mass is 10.4. The molecule has 0 radical (unpaired) electrons. The Kier molecular flexibility index (Phi) is 4.31. The number of aliphatic hydroxyl groups excluding tert-OH is 1. The van der Waals surface area contributed by atoms with Gasteiger partial charge in [-0.2, -0.15) is 18.2 Å². The van der Waals surface area contributed by atoms with Crippen molar-refractivity contribution < 1.29 is 23.0 Å². The number of hydrogen-bond acceptors (Lipinski definition) is 4. The van der Waals surface area contributed by atoms with Crippen LogP contribution in [0.3, 0.4) is 0 Å². The molecule has 1 heterocycles. The van der Waals surface area contributed by atoms with E-state index in [0.717, 1.165) is 0 Å². The van der Waals surface area contributed by atoms with Crippen molar-refractivity contribution in [2.24, 2.45) is 0 Å². The van der Waals surface area contributed by atoms with Crippen LogP contribution in [0.1, 0.15) is 12.1 Å². The highest BCUT2D eigenvalue weighted by Gasteiger charge is 2.33. The zero-order chi connectivity index (χ0) is 12.2. The lowest BCUT2D eigenvalue weighted by Crippen LogP contribution is -2.10. The molecule has 0 atom stereocenters. The van der Waals surface area contributed by atoms with Crippen LogP contribution >= 0.6 is 11.6 Å². The monoisotopic (exact) mass is 256 g/mol. The van der Waals surface area contributed by atoms with Gasteiger partial charge in [0, 0.05) is 19.1 Å². The normalized spacial score (nSPS) is 11.6. The molecular formula is C8H8ClF3N2O2. The van der Waals surface area contributed by atoms with Crippen molar-refractivity contribution in [1.29, 1.82) is 0 Å². The molecule has 0 aliphatic rings. The Labute approximate surface area is 94.0 Å². The summed E-state index contributed by atoms with van der Waals surface area (Å²) >= 11 is 5.32. The number of aromatic nitrogens is 2. The molecule has 0 spiro atoms. The first-order valence-electron chi connectivity index (χ1n) is 4.29. The van der Waals surface area contributed by atoms with E-state index in [1.807, 2.05) is 0 Å². The summed E-state index contributed by atoms with van der Waals surface area (Å²) in [4.78, 5) is 6.50. The van der Waals surface area contributed by atoms with Crippen LogP contribution in [0.25, 0.3) is 0 Å². The second kappa shape index (κ2) is 5.31. The van der Waals surface area contributed by atoms with E-state index in [4.69, 9.17) is 21.4 Å². The SMILES string of the molecule is OCCCOc1cc(C(F)(F)F)nc(Cl)n1. The predicted molar refractivity (Wildman–Crippen MR) is 49.2 cm³/mol. The fourth-order valence-electron chi connectivity index (χ4n) is 0.857. The summed E-state index contributed by atoms with van der Waals surface area (Å²) in [6.07, 6.45) is -4.30. The standard InChI is InChI=1S/C8H8ClF3N2O2/c9-7-13-5(8(10,11)12)4-6(14-7)16-3-1-2-15/h4,15H,1-3H2. The van der Waals surface area contributed by atoms with Gasteiger partial charge in [0.2, 0.25) is 11.2 Å². The summed E-state index contributed by atoms with van der Waals surface area (Å²) in [5, 5.41) is 7.93. The average Bonchev–Trinajstić information content (AvgIpc) is 2.16. The molecule has 16 heavy (non-hydrogen) atoms. The molecule has 0 aromatic carbocycles. The molecule has 4 nitrogen and oxygen atoms in total. The number of hydrogen-bond donors (Lipinski definition) is 1. The number of nitrogens with zero attached hydrogens (tertiary/aromatic N) is 2. The molecule has 0 saturated carbocycles. The Bertz CT molecular complexity index is 360. The van der Waals surface area contributed by atoms with E-state index in [0.29, 0.717) is 12.5 Å². The molecule has 90 valence electrons. The van der Waals surface area contributed by atoms with E-state index in [1.54, 1.807) is 0 Å². The zero-order valence-electron chi connectivity index (χ0n) is 7.96. The molecule has 8 heteroatoms. The predicted octanol–water partition coefficient (Wildman–Crippen LogP) is 1.91. The maximum Gasteiger partial charge on any atom is 0.433 e. The quantitative estimate of drug-likeness (QED) is 0.660. The minimum atomic E-state index is -4.60. The number of aliphatic hydroxyl groups is 1. The van der Waals surface area contributed by atoms with Crippen molar-refractivity contribution in [3.05, 3.63) is 17.0 Å². The molecule has 1 aromatic rings. The van der Waals surface area contributed by atoms with Gasteiger partial charge in [0.15, 0.2) is 5.69 Å². The Balaban J connectivity index is 2.82. The van der Waals surface area contributed by atoms with Crippen molar-refractivity contribution in [2.75, 3.05) is 13.2 Å². The number of rotatable bonds is 4. The van der Waals surface area contributed by atoms with E-state index in [2.05, 4.69) is 9.97 Å². The number of ether oxygens (including phenoxy) is 1. The molecule has 0 amide bonds. The van der Waals surface area contributed by atoms with Crippen LogP contribution in [0.2, 0.25) is 5.28 Å². The summed E-state index contributed by atoms with van der Waals surface area (Å²) in [5.74, 6) is -0.263. The largest absolute Gasteiger partial charge is 0.477 e. The minimum absolute atomic E-state index is 0.0567. The maximum atomic E-state index is 12.3. The van der Waals surface area contributed by atoms with Gasteiger partial charge in [-0.25, -0.2) is 4.98 Å². The van der Waals surface area contributed by atoms with Gasteiger partial charge >= 0.3 is 6.18 Å². The summed E-state index contributed by atoms with van der Waals surface area (Å²) in [5.41, 5.74) is -1.16. The Hall–Kier alpha value is -1.08. The number of halogens is 4. The van der Waals surface area contributed by atoms with Crippen molar-refractivity contribution in [3.63, 3.8) is 0 Å². The highest BCUT2D eigenvalue weighted by Crippen LogP contribution is 2.30. The molecule has 1 rings (SSSR count). The van der Waals surface area contributed by atoms with Gasteiger partial charge in [-0.05, 0) is 11.6 Å². The summed E-state index contributed by atoms with van der Waals surface area (Å²) in [6, 6.07) is 0.656. The van der Waals surface area contributed by atoms with E-state index < -0.39 is 17.2 Å². The molecule has 0 saturated heterocycles. The maximum absolute atomic E-state index is 12.3.